The lowest BCUT2D eigenvalue weighted by atomic mass is 10.1. The Balaban J connectivity index is 3.37. The molecule has 1 atom stereocenters. The molecular formula is C20H38O5. The molecule has 0 aliphatic heterocycles. The molecule has 0 saturated carbocycles. The zero-order valence-corrected chi connectivity index (χ0v) is 16.5. The molecule has 0 fully saturated rings. The normalized spacial score (nSPS) is 12.0. The summed E-state index contributed by atoms with van der Waals surface area (Å²) in [7, 11) is 0. The lowest BCUT2D eigenvalue weighted by Crippen LogP contribution is -2.22. The maximum atomic E-state index is 11.5. The average Bonchev–Trinajstić information content (AvgIpc) is 2.56. The van der Waals surface area contributed by atoms with Gasteiger partial charge in [-0.15, -0.1) is 0 Å². The third-order valence-electron chi connectivity index (χ3n) is 3.98. The molecule has 0 N–H and O–H groups in total. The molecule has 5 nitrogen and oxygen atoms in total. The number of ether oxygens (including phenoxy) is 3. The Morgan fingerprint density at radius 1 is 0.760 bits per heavy atom. The van der Waals surface area contributed by atoms with E-state index in [0.29, 0.717) is 6.61 Å². The molecule has 0 bridgehead atoms. The highest BCUT2D eigenvalue weighted by atomic mass is 16.6. The molecule has 5 heteroatoms. The molecule has 25 heavy (non-hydrogen) atoms. The largest absolute Gasteiger partial charge is 0.464 e. The van der Waals surface area contributed by atoms with Crippen molar-refractivity contribution in [2.24, 2.45) is 0 Å². The number of unbranched alkanes of at least 4 members (excludes halogenated alkanes) is 8. The predicted molar refractivity (Wildman–Crippen MR) is 99.5 cm³/mol. The van der Waals surface area contributed by atoms with Gasteiger partial charge in [-0.25, -0.2) is 9.59 Å². The van der Waals surface area contributed by atoms with Crippen LogP contribution in [0.3, 0.4) is 0 Å². The van der Waals surface area contributed by atoms with E-state index in [1.807, 2.05) is 13.8 Å². The van der Waals surface area contributed by atoms with Gasteiger partial charge in [0.25, 0.3) is 0 Å². The van der Waals surface area contributed by atoms with Crippen LogP contribution < -0.4 is 0 Å². The van der Waals surface area contributed by atoms with Crippen molar-refractivity contribution >= 4 is 11.9 Å². The van der Waals surface area contributed by atoms with Crippen molar-refractivity contribution in [2.75, 3.05) is 19.8 Å². The van der Waals surface area contributed by atoms with Gasteiger partial charge < -0.3 is 14.2 Å². The van der Waals surface area contributed by atoms with Gasteiger partial charge >= 0.3 is 11.9 Å². The van der Waals surface area contributed by atoms with Gasteiger partial charge in [0.2, 0.25) is 0 Å². The molecular weight excluding hydrogens is 320 g/mol. The van der Waals surface area contributed by atoms with E-state index >= 15 is 0 Å². The highest BCUT2D eigenvalue weighted by molar-refractivity contribution is 5.73. The van der Waals surface area contributed by atoms with Gasteiger partial charge in [0.1, 0.15) is 13.2 Å². The second-order valence-corrected chi connectivity index (χ2v) is 6.63. The highest BCUT2D eigenvalue weighted by Gasteiger charge is 2.10. The van der Waals surface area contributed by atoms with E-state index in [9.17, 15) is 9.59 Å². The van der Waals surface area contributed by atoms with Crippen LogP contribution in [0.2, 0.25) is 0 Å². The van der Waals surface area contributed by atoms with E-state index in [1.54, 1.807) is 0 Å². The van der Waals surface area contributed by atoms with E-state index in [0.717, 1.165) is 25.7 Å². The zero-order chi connectivity index (χ0) is 18.8. The minimum absolute atomic E-state index is 0.111. The fraction of sp³-hybridized carbons (Fsp3) is 0.900. The highest BCUT2D eigenvalue weighted by Crippen LogP contribution is 2.09. The maximum Gasteiger partial charge on any atom is 0.332 e. The molecule has 0 aliphatic rings. The van der Waals surface area contributed by atoms with Gasteiger partial charge in [0.15, 0.2) is 0 Å². The van der Waals surface area contributed by atoms with Crippen LogP contribution in [0.4, 0.5) is 0 Å². The van der Waals surface area contributed by atoms with Crippen molar-refractivity contribution in [1.82, 2.24) is 0 Å². The minimum atomic E-state index is -0.437. The number of hydrogen-bond acceptors (Lipinski definition) is 5. The van der Waals surface area contributed by atoms with Crippen LogP contribution in [-0.2, 0) is 23.8 Å². The Kier molecular flexibility index (Phi) is 16.9. The molecule has 0 aromatic heterocycles. The molecule has 0 aromatic rings. The minimum Gasteiger partial charge on any atom is -0.464 e. The van der Waals surface area contributed by atoms with Crippen molar-refractivity contribution in [1.29, 1.82) is 0 Å². The van der Waals surface area contributed by atoms with Gasteiger partial charge in [-0.1, -0.05) is 71.6 Å². The summed E-state index contributed by atoms with van der Waals surface area (Å²) in [5.74, 6) is -0.860. The van der Waals surface area contributed by atoms with Gasteiger partial charge in [0.05, 0.1) is 12.7 Å². The molecule has 0 aliphatic carbocycles. The topological polar surface area (TPSA) is 61.8 Å². The molecule has 0 saturated heterocycles. The first-order valence-electron chi connectivity index (χ1n) is 10.0. The summed E-state index contributed by atoms with van der Waals surface area (Å²) in [5.41, 5.74) is 0. The lowest BCUT2D eigenvalue weighted by molar-refractivity contribution is -0.158. The van der Waals surface area contributed by atoms with E-state index in [4.69, 9.17) is 14.2 Å². The van der Waals surface area contributed by atoms with Gasteiger partial charge in [-0.05, 0) is 19.8 Å². The van der Waals surface area contributed by atoms with Crippen LogP contribution in [0.25, 0.3) is 0 Å². The summed E-state index contributed by atoms with van der Waals surface area (Å²) in [5, 5.41) is 0. The van der Waals surface area contributed by atoms with Crippen LogP contribution in [0, 0.1) is 0 Å². The first-order valence-corrected chi connectivity index (χ1v) is 10.0. The zero-order valence-electron chi connectivity index (χ0n) is 16.5. The smallest absolute Gasteiger partial charge is 0.332 e. The molecule has 0 rings (SSSR count). The fourth-order valence-electron chi connectivity index (χ4n) is 2.58. The van der Waals surface area contributed by atoms with E-state index in [2.05, 4.69) is 6.92 Å². The van der Waals surface area contributed by atoms with E-state index < -0.39 is 11.9 Å². The summed E-state index contributed by atoms with van der Waals surface area (Å²) >= 11 is 0. The monoisotopic (exact) mass is 358 g/mol. The summed E-state index contributed by atoms with van der Waals surface area (Å²) in [6.45, 7) is 6.13. The molecule has 0 spiro atoms. The van der Waals surface area contributed by atoms with Crippen molar-refractivity contribution < 1.29 is 23.8 Å². The lowest BCUT2D eigenvalue weighted by Gasteiger charge is -2.12. The maximum absolute atomic E-state index is 11.5. The second-order valence-electron chi connectivity index (χ2n) is 6.63. The molecule has 0 amide bonds. The van der Waals surface area contributed by atoms with Gasteiger partial charge in [-0.2, -0.15) is 0 Å². The Morgan fingerprint density at radius 3 is 1.92 bits per heavy atom. The quantitative estimate of drug-likeness (QED) is 0.276. The van der Waals surface area contributed by atoms with Crippen molar-refractivity contribution in [3.05, 3.63) is 0 Å². The van der Waals surface area contributed by atoms with Crippen molar-refractivity contribution in [3.63, 3.8) is 0 Å². The first-order chi connectivity index (χ1) is 12.1. The SMILES string of the molecule is CCCCCCCCCCCOC(=O)COCC(=O)OC(C)CCC. The van der Waals surface area contributed by atoms with Gasteiger partial charge in [-0.3, -0.25) is 0 Å². The van der Waals surface area contributed by atoms with Crippen molar-refractivity contribution in [3.8, 4) is 0 Å². The first kappa shape index (κ1) is 23.9. The summed E-state index contributed by atoms with van der Waals surface area (Å²) < 4.78 is 15.2. The standard InChI is InChI=1S/C20H38O5/c1-4-6-7-8-9-10-11-12-13-15-24-19(21)16-23-17-20(22)25-18(3)14-5-2/h18H,4-17H2,1-3H3. The molecule has 0 aromatic carbocycles. The van der Waals surface area contributed by atoms with E-state index in [1.165, 1.54) is 44.9 Å². The van der Waals surface area contributed by atoms with Crippen LogP contribution >= 0.6 is 0 Å². The van der Waals surface area contributed by atoms with Crippen LogP contribution in [0.15, 0.2) is 0 Å². The number of rotatable bonds is 17. The Labute approximate surface area is 153 Å². The summed E-state index contributed by atoms with van der Waals surface area (Å²) in [4.78, 5) is 22.9. The van der Waals surface area contributed by atoms with Crippen molar-refractivity contribution in [2.45, 2.75) is 97.5 Å². The van der Waals surface area contributed by atoms with Crippen LogP contribution in [-0.4, -0.2) is 37.9 Å². The molecule has 1 unspecified atom stereocenters. The second kappa shape index (κ2) is 17.7. The summed E-state index contributed by atoms with van der Waals surface area (Å²) in [6, 6.07) is 0. The Morgan fingerprint density at radius 2 is 1.32 bits per heavy atom. The van der Waals surface area contributed by atoms with Gasteiger partial charge in [0, 0.05) is 0 Å². The van der Waals surface area contributed by atoms with Crippen LogP contribution in [0.5, 0.6) is 0 Å². The Bertz CT molecular complexity index is 330. The summed E-state index contributed by atoms with van der Waals surface area (Å²) in [6.07, 6.45) is 12.7. The third-order valence-corrected chi connectivity index (χ3v) is 3.98. The number of carbonyl (C=O) groups is 2. The third kappa shape index (κ3) is 17.5. The van der Waals surface area contributed by atoms with E-state index in [-0.39, 0.29) is 19.3 Å². The number of esters is 2. The number of carbonyl (C=O) groups excluding carboxylic acids is 2. The molecule has 0 radical (unpaired) electrons. The number of hydrogen-bond donors (Lipinski definition) is 0. The Hall–Kier alpha value is -1.10. The predicted octanol–water partition coefficient (Wildman–Crippen LogP) is 4.81. The molecule has 0 heterocycles. The fourth-order valence-corrected chi connectivity index (χ4v) is 2.58. The van der Waals surface area contributed by atoms with Crippen LogP contribution in [0.1, 0.15) is 91.4 Å². The molecule has 148 valence electrons. The average molecular weight is 359 g/mol.